The average molecular weight is 396 g/mol. The fraction of sp³-hybridized carbons (Fsp3) is 0.294. The number of nitrogens with one attached hydrogen (secondary N) is 2. The first-order valence-corrected chi connectivity index (χ1v) is 8.22. The lowest BCUT2D eigenvalue weighted by atomic mass is 10.2. The van der Waals surface area contributed by atoms with E-state index in [1.54, 1.807) is 12.1 Å². The van der Waals surface area contributed by atoms with Crippen LogP contribution in [-0.2, 0) is 16.1 Å². The first-order chi connectivity index (χ1) is 11.4. The molecule has 2 rings (SSSR count). The van der Waals surface area contributed by atoms with Gasteiger partial charge in [-0.25, -0.2) is 4.79 Å². The van der Waals surface area contributed by atoms with Gasteiger partial charge in [-0.1, -0.05) is 15.9 Å². The lowest BCUT2D eigenvalue weighted by Crippen LogP contribution is -3.08. The molecule has 2 N–H and O–H groups in total. The third-order valence-corrected chi connectivity index (χ3v) is 3.94. The van der Waals surface area contributed by atoms with Gasteiger partial charge < -0.3 is 19.4 Å². The molecule has 0 spiro atoms. The highest BCUT2D eigenvalue weighted by molar-refractivity contribution is 9.10. The number of benzene rings is 1. The second-order valence-corrected chi connectivity index (χ2v) is 6.49. The number of methoxy groups -OCH3 is 1. The Kier molecular flexibility index (Phi) is 6.16. The summed E-state index contributed by atoms with van der Waals surface area (Å²) in [6.45, 7) is 2.71. The highest BCUT2D eigenvalue weighted by atomic mass is 79.9. The number of hydrogen-bond donors (Lipinski definition) is 2. The predicted octanol–water partition coefficient (Wildman–Crippen LogP) is 1.79. The van der Waals surface area contributed by atoms with E-state index in [-0.39, 0.29) is 18.2 Å². The van der Waals surface area contributed by atoms with Crippen LogP contribution in [0.5, 0.6) is 0 Å². The predicted molar refractivity (Wildman–Crippen MR) is 93.0 cm³/mol. The molecule has 7 heteroatoms. The van der Waals surface area contributed by atoms with Gasteiger partial charge in [-0.05, 0) is 42.8 Å². The number of carbonyl (C=O) groups is 2. The van der Waals surface area contributed by atoms with Crippen molar-refractivity contribution < 1.29 is 23.6 Å². The van der Waals surface area contributed by atoms with Gasteiger partial charge in [-0.3, -0.25) is 4.79 Å². The van der Waals surface area contributed by atoms with Gasteiger partial charge in [-0.15, -0.1) is 0 Å². The topological polar surface area (TPSA) is 73.0 Å². The number of likely N-dealkylation sites (N-methyl/N-ethyl adjacent to an activating group) is 1. The minimum Gasteiger partial charge on any atom is -0.463 e. The second-order valence-electron chi connectivity index (χ2n) is 5.58. The Morgan fingerprint density at radius 1 is 1.29 bits per heavy atom. The van der Waals surface area contributed by atoms with Gasteiger partial charge >= 0.3 is 5.97 Å². The van der Waals surface area contributed by atoms with E-state index in [0.29, 0.717) is 12.3 Å². The number of esters is 1. The number of carbonyl (C=O) groups excluding carboxylic acids is 2. The Morgan fingerprint density at radius 2 is 2.04 bits per heavy atom. The number of anilines is 1. The van der Waals surface area contributed by atoms with Crippen LogP contribution in [0.1, 0.15) is 21.9 Å². The third-order valence-electron chi connectivity index (χ3n) is 3.45. The number of hydrogen-bond acceptors (Lipinski definition) is 4. The molecular formula is C17H20BrN2O4+. The van der Waals surface area contributed by atoms with Crippen molar-refractivity contribution in [3.8, 4) is 0 Å². The van der Waals surface area contributed by atoms with E-state index in [1.165, 1.54) is 7.11 Å². The zero-order valence-corrected chi connectivity index (χ0v) is 15.4. The molecule has 0 fully saturated rings. The highest BCUT2D eigenvalue weighted by Crippen LogP contribution is 2.19. The van der Waals surface area contributed by atoms with Crippen molar-refractivity contribution >= 4 is 33.5 Å². The van der Waals surface area contributed by atoms with E-state index in [1.807, 2.05) is 32.2 Å². The third kappa shape index (κ3) is 4.94. The summed E-state index contributed by atoms with van der Waals surface area (Å²) in [4.78, 5) is 24.5. The largest absolute Gasteiger partial charge is 0.463 e. The molecule has 128 valence electrons. The lowest BCUT2D eigenvalue weighted by molar-refractivity contribution is -0.886. The van der Waals surface area contributed by atoms with Gasteiger partial charge in [0.2, 0.25) is 5.76 Å². The van der Waals surface area contributed by atoms with Crippen molar-refractivity contribution in [2.75, 3.05) is 26.0 Å². The van der Waals surface area contributed by atoms with Gasteiger partial charge in [0.15, 0.2) is 12.3 Å². The summed E-state index contributed by atoms with van der Waals surface area (Å²) in [6.07, 6.45) is 0. The van der Waals surface area contributed by atoms with Crippen LogP contribution < -0.4 is 10.2 Å². The molecule has 1 atom stereocenters. The summed E-state index contributed by atoms with van der Waals surface area (Å²) in [5.74, 6) is 0.191. The van der Waals surface area contributed by atoms with Crippen LogP contribution in [0.2, 0.25) is 0 Å². The Hall–Kier alpha value is -2.12. The molecule has 1 heterocycles. The first-order valence-electron chi connectivity index (χ1n) is 7.43. The number of quaternary nitrogens is 1. The van der Waals surface area contributed by atoms with E-state index in [9.17, 15) is 9.59 Å². The Labute approximate surface area is 148 Å². The van der Waals surface area contributed by atoms with Crippen LogP contribution in [0.15, 0.2) is 39.2 Å². The molecule has 24 heavy (non-hydrogen) atoms. The van der Waals surface area contributed by atoms with Crippen molar-refractivity contribution in [2.45, 2.75) is 13.5 Å². The molecule has 1 aromatic carbocycles. The number of halogens is 1. The maximum Gasteiger partial charge on any atom is 0.373 e. The fourth-order valence-electron chi connectivity index (χ4n) is 2.28. The summed E-state index contributed by atoms with van der Waals surface area (Å²) in [6, 6.07) is 8.98. The van der Waals surface area contributed by atoms with Crippen molar-refractivity contribution in [1.82, 2.24) is 0 Å². The molecule has 0 saturated carbocycles. The SMILES string of the molecule is COC(=O)c1ccc(C[NH+](C)CC(=O)Nc2ccc(Br)cc2C)o1. The molecule has 0 radical (unpaired) electrons. The standard InChI is InChI=1S/C17H19BrN2O4/c1-11-8-12(18)4-6-14(11)19-16(21)10-20(2)9-13-5-7-15(24-13)17(22)23-3/h4-8H,9-10H2,1-3H3,(H,19,21)/p+1. The Balaban J connectivity index is 1.89. The number of furan rings is 1. The minimum atomic E-state index is -0.512. The number of ether oxygens (including phenoxy) is 1. The van der Waals surface area contributed by atoms with Gasteiger partial charge in [0.1, 0.15) is 6.54 Å². The molecule has 2 aromatic rings. The number of rotatable bonds is 6. The maximum atomic E-state index is 12.2. The zero-order valence-electron chi connectivity index (χ0n) is 13.8. The number of amides is 1. The Bertz CT molecular complexity index is 742. The van der Waals surface area contributed by atoms with E-state index < -0.39 is 5.97 Å². The normalized spacial score (nSPS) is 11.8. The maximum absolute atomic E-state index is 12.2. The molecule has 1 unspecified atom stereocenters. The quantitative estimate of drug-likeness (QED) is 0.731. The van der Waals surface area contributed by atoms with Crippen LogP contribution >= 0.6 is 15.9 Å². The summed E-state index contributed by atoms with van der Waals surface area (Å²) in [5, 5.41) is 2.90. The molecule has 6 nitrogen and oxygen atoms in total. The van der Waals surface area contributed by atoms with Crippen LogP contribution in [0.4, 0.5) is 5.69 Å². The molecule has 1 amide bonds. The van der Waals surface area contributed by atoms with Crippen LogP contribution in [0.3, 0.4) is 0 Å². The number of aryl methyl sites for hydroxylation is 1. The molecule has 1 aromatic heterocycles. The fourth-order valence-corrected chi connectivity index (χ4v) is 2.75. The molecule has 0 aliphatic carbocycles. The lowest BCUT2D eigenvalue weighted by Gasteiger charge is -2.13. The summed E-state index contributed by atoms with van der Waals surface area (Å²) >= 11 is 3.40. The van der Waals surface area contributed by atoms with Crippen molar-refractivity contribution in [2.24, 2.45) is 0 Å². The van der Waals surface area contributed by atoms with Crippen molar-refractivity contribution in [1.29, 1.82) is 0 Å². The molecule has 0 saturated heterocycles. The summed E-state index contributed by atoms with van der Waals surface area (Å²) in [7, 11) is 3.19. The highest BCUT2D eigenvalue weighted by Gasteiger charge is 2.16. The molecule has 0 bridgehead atoms. The van der Waals surface area contributed by atoms with Gasteiger partial charge in [-0.2, -0.15) is 0 Å². The Morgan fingerprint density at radius 3 is 2.71 bits per heavy atom. The zero-order chi connectivity index (χ0) is 17.7. The van der Waals surface area contributed by atoms with Crippen LogP contribution in [-0.4, -0.2) is 32.6 Å². The van der Waals surface area contributed by atoms with E-state index in [0.717, 1.165) is 20.6 Å². The minimum absolute atomic E-state index is 0.0855. The van der Waals surface area contributed by atoms with Gasteiger partial charge in [0.05, 0.1) is 14.2 Å². The van der Waals surface area contributed by atoms with Crippen molar-refractivity contribution in [3.63, 3.8) is 0 Å². The van der Waals surface area contributed by atoms with Crippen LogP contribution in [0.25, 0.3) is 0 Å². The molecule has 0 aliphatic rings. The van der Waals surface area contributed by atoms with Gasteiger partial charge in [0, 0.05) is 10.2 Å². The smallest absolute Gasteiger partial charge is 0.373 e. The summed E-state index contributed by atoms with van der Waals surface area (Å²) < 4.78 is 11.0. The van der Waals surface area contributed by atoms with E-state index in [4.69, 9.17) is 4.42 Å². The van der Waals surface area contributed by atoms with Crippen molar-refractivity contribution in [3.05, 3.63) is 51.9 Å². The van der Waals surface area contributed by atoms with E-state index >= 15 is 0 Å². The molecule has 0 aliphatic heterocycles. The first kappa shape index (κ1) is 18.2. The monoisotopic (exact) mass is 395 g/mol. The average Bonchev–Trinajstić information content (AvgIpc) is 2.97. The van der Waals surface area contributed by atoms with Crippen LogP contribution in [0, 0.1) is 6.92 Å². The second kappa shape index (κ2) is 8.12. The summed E-state index contributed by atoms with van der Waals surface area (Å²) in [5.41, 5.74) is 1.78. The molecular weight excluding hydrogens is 376 g/mol. The van der Waals surface area contributed by atoms with Gasteiger partial charge in [0.25, 0.3) is 5.91 Å². The van der Waals surface area contributed by atoms with E-state index in [2.05, 4.69) is 26.0 Å².